The van der Waals surface area contributed by atoms with Gasteiger partial charge in [0.05, 0.1) is 0 Å². The summed E-state index contributed by atoms with van der Waals surface area (Å²) in [5, 5.41) is 0. The minimum absolute atomic E-state index is 0.197. The van der Waals surface area contributed by atoms with Crippen LogP contribution in [0, 0.1) is 5.92 Å². The first-order chi connectivity index (χ1) is 7.90. The Morgan fingerprint density at radius 1 is 1.29 bits per heavy atom. The minimum Gasteiger partial charge on any atom is -0.374 e. The SMILES string of the molecule is CC(C)CN(C)c1cc(Br)ccc1CC(C)N. The number of rotatable bonds is 5. The number of benzene rings is 1. The van der Waals surface area contributed by atoms with E-state index >= 15 is 0 Å². The Morgan fingerprint density at radius 3 is 2.47 bits per heavy atom. The zero-order valence-corrected chi connectivity index (χ0v) is 12.8. The molecule has 1 aromatic carbocycles. The van der Waals surface area contributed by atoms with E-state index < -0.39 is 0 Å². The summed E-state index contributed by atoms with van der Waals surface area (Å²) < 4.78 is 1.12. The lowest BCUT2D eigenvalue weighted by Gasteiger charge is -2.25. The third kappa shape index (κ3) is 4.68. The maximum atomic E-state index is 5.90. The summed E-state index contributed by atoms with van der Waals surface area (Å²) in [7, 11) is 2.15. The van der Waals surface area contributed by atoms with Crippen molar-refractivity contribution >= 4 is 21.6 Å². The predicted octanol–water partition coefficient (Wildman–Crippen LogP) is 3.43. The first kappa shape index (κ1) is 14.5. The summed E-state index contributed by atoms with van der Waals surface area (Å²) in [4.78, 5) is 2.31. The van der Waals surface area contributed by atoms with Crippen LogP contribution >= 0.6 is 15.9 Å². The van der Waals surface area contributed by atoms with Crippen LogP contribution in [0.25, 0.3) is 0 Å². The van der Waals surface area contributed by atoms with E-state index in [9.17, 15) is 0 Å². The number of hydrogen-bond donors (Lipinski definition) is 1. The Morgan fingerprint density at radius 2 is 1.94 bits per heavy atom. The number of hydrogen-bond acceptors (Lipinski definition) is 2. The molecule has 0 bridgehead atoms. The molecule has 1 aromatic rings. The largest absolute Gasteiger partial charge is 0.374 e. The van der Waals surface area contributed by atoms with E-state index in [1.807, 2.05) is 6.92 Å². The van der Waals surface area contributed by atoms with Gasteiger partial charge in [-0.15, -0.1) is 0 Å². The molecule has 0 aliphatic carbocycles. The van der Waals surface area contributed by atoms with E-state index in [1.165, 1.54) is 11.3 Å². The molecule has 0 saturated carbocycles. The first-order valence-electron chi connectivity index (χ1n) is 6.15. The Hall–Kier alpha value is -0.540. The zero-order chi connectivity index (χ0) is 13.0. The lowest BCUT2D eigenvalue weighted by molar-refractivity contribution is 0.635. The van der Waals surface area contributed by atoms with Gasteiger partial charge < -0.3 is 10.6 Å². The molecular weight excluding hydrogens is 276 g/mol. The fraction of sp³-hybridized carbons (Fsp3) is 0.571. The Balaban J connectivity index is 2.97. The van der Waals surface area contributed by atoms with Gasteiger partial charge in [0, 0.05) is 29.8 Å². The molecule has 2 N–H and O–H groups in total. The first-order valence-corrected chi connectivity index (χ1v) is 6.94. The van der Waals surface area contributed by atoms with Crippen LogP contribution in [0.3, 0.4) is 0 Å². The molecule has 0 radical (unpaired) electrons. The average molecular weight is 299 g/mol. The van der Waals surface area contributed by atoms with Crippen LogP contribution in [-0.2, 0) is 6.42 Å². The van der Waals surface area contributed by atoms with E-state index in [1.54, 1.807) is 0 Å². The van der Waals surface area contributed by atoms with E-state index in [0.29, 0.717) is 5.92 Å². The molecule has 1 unspecified atom stereocenters. The summed E-state index contributed by atoms with van der Waals surface area (Å²) in [6.07, 6.45) is 0.922. The molecule has 0 aromatic heterocycles. The number of nitrogens with two attached hydrogens (primary N) is 1. The van der Waals surface area contributed by atoms with Crippen molar-refractivity contribution in [3.05, 3.63) is 28.2 Å². The summed E-state index contributed by atoms with van der Waals surface area (Å²) in [6.45, 7) is 7.58. The molecule has 0 amide bonds. The molecule has 96 valence electrons. The van der Waals surface area contributed by atoms with Gasteiger partial charge in [-0.1, -0.05) is 35.8 Å². The van der Waals surface area contributed by atoms with Crippen molar-refractivity contribution in [2.45, 2.75) is 33.2 Å². The van der Waals surface area contributed by atoms with Gasteiger partial charge in [0.25, 0.3) is 0 Å². The van der Waals surface area contributed by atoms with Gasteiger partial charge in [-0.3, -0.25) is 0 Å². The van der Waals surface area contributed by atoms with Crippen molar-refractivity contribution in [3.8, 4) is 0 Å². The van der Waals surface area contributed by atoms with Crippen LogP contribution in [0.15, 0.2) is 22.7 Å². The lowest BCUT2D eigenvalue weighted by Crippen LogP contribution is -2.25. The minimum atomic E-state index is 0.197. The maximum absolute atomic E-state index is 5.90. The van der Waals surface area contributed by atoms with Crippen molar-refractivity contribution in [1.29, 1.82) is 0 Å². The van der Waals surface area contributed by atoms with Crippen molar-refractivity contribution in [1.82, 2.24) is 0 Å². The number of anilines is 1. The van der Waals surface area contributed by atoms with E-state index in [4.69, 9.17) is 5.73 Å². The second-order valence-electron chi connectivity index (χ2n) is 5.23. The Labute approximate surface area is 113 Å². The van der Waals surface area contributed by atoms with Crippen LogP contribution in [-0.4, -0.2) is 19.6 Å². The van der Waals surface area contributed by atoms with Gasteiger partial charge in [0.1, 0.15) is 0 Å². The normalized spacial score (nSPS) is 12.9. The second kappa shape index (κ2) is 6.41. The van der Waals surface area contributed by atoms with Crippen molar-refractivity contribution in [2.24, 2.45) is 11.7 Å². The highest BCUT2D eigenvalue weighted by atomic mass is 79.9. The Bertz CT molecular complexity index is 361. The molecule has 1 rings (SSSR count). The van der Waals surface area contributed by atoms with Gasteiger partial charge in [0.15, 0.2) is 0 Å². The van der Waals surface area contributed by atoms with E-state index in [-0.39, 0.29) is 6.04 Å². The van der Waals surface area contributed by atoms with Gasteiger partial charge >= 0.3 is 0 Å². The predicted molar refractivity (Wildman–Crippen MR) is 79.6 cm³/mol. The molecule has 1 atom stereocenters. The van der Waals surface area contributed by atoms with Crippen LogP contribution in [0.2, 0.25) is 0 Å². The van der Waals surface area contributed by atoms with Crippen molar-refractivity contribution in [3.63, 3.8) is 0 Å². The average Bonchev–Trinajstić information content (AvgIpc) is 2.19. The second-order valence-corrected chi connectivity index (χ2v) is 6.14. The number of halogens is 1. The summed E-state index contributed by atoms with van der Waals surface area (Å²) >= 11 is 3.54. The quantitative estimate of drug-likeness (QED) is 0.902. The maximum Gasteiger partial charge on any atom is 0.0408 e. The zero-order valence-electron chi connectivity index (χ0n) is 11.2. The highest BCUT2D eigenvalue weighted by molar-refractivity contribution is 9.10. The molecule has 2 nitrogen and oxygen atoms in total. The topological polar surface area (TPSA) is 29.3 Å². The highest BCUT2D eigenvalue weighted by Crippen LogP contribution is 2.26. The van der Waals surface area contributed by atoms with Crippen molar-refractivity contribution < 1.29 is 0 Å². The molecule has 0 aliphatic heterocycles. The smallest absolute Gasteiger partial charge is 0.0408 e. The monoisotopic (exact) mass is 298 g/mol. The van der Waals surface area contributed by atoms with E-state index in [2.05, 4.69) is 59.9 Å². The van der Waals surface area contributed by atoms with Crippen LogP contribution in [0.5, 0.6) is 0 Å². The molecule has 0 aliphatic rings. The van der Waals surface area contributed by atoms with Crippen LogP contribution < -0.4 is 10.6 Å². The molecule has 0 fully saturated rings. The standard InChI is InChI=1S/C14H23BrN2/c1-10(2)9-17(4)14-8-13(15)6-5-12(14)7-11(3)16/h5-6,8,10-11H,7,9,16H2,1-4H3. The summed E-state index contributed by atoms with van der Waals surface area (Å²) in [6, 6.07) is 6.63. The molecule has 3 heteroatoms. The van der Waals surface area contributed by atoms with Crippen molar-refractivity contribution in [2.75, 3.05) is 18.5 Å². The fourth-order valence-corrected chi connectivity index (χ4v) is 2.41. The van der Waals surface area contributed by atoms with Crippen LogP contribution in [0.4, 0.5) is 5.69 Å². The van der Waals surface area contributed by atoms with Gasteiger partial charge in [-0.25, -0.2) is 0 Å². The summed E-state index contributed by atoms with van der Waals surface area (Å²) in [5.41, 5.74) is 8.51. The third-order valence-electron chi connectivity index (χ3n) is 2.64. The van der Waals surface area contributed by atoms with Gasteiger partial charge in [-0.2, -0.15) is 0 Å². The molecule has 0 spiro atoms. The molecule has 0 saturated heterocycles. The van der Waals surface area contributed by atoms with Crippen LogP contribution in [0.1, 0.15) is 26.3 Å². The Kier molecular flexibility index (Phi) is 5.47. The molecule has 17 heavy (non-hydrogen) atoms. The lowest BCUT2D eigenvalue weighted by atomic mass is 10.0. The summed E-state index contributed by atoms with van der Waals surface area (Å²) in [5.74, 6) is 0.655. The number of nitrogens with zero attached hydrogens (tertiary/aromatic N) is 1. The van der Waals surface area contributed by atoms with Gasteiger partial charge in [0.2, 0.25) is 0 Å². The highest BCUT2D eigenvalue weighted by Gasteiger charge is 2.10. The fourth-order valence-electron chi connectivity index (χ4n) is 2.06. The molecule has 0 heterocycles. The third-order valence-corrected chi connectivity index (χ3v) is 3.13. The van der Waals surface area contributed by atoms with E-state index in [0.717, 1.165) is 17.4 Å². The molecular formula is C14H23BrN2. The van der Waals surface area contributed by atoms with Gasteiger partial charge in [-0.05, 0) is 37.0 Å².